The maximum Gasteiger partial charge on any atom is 0.410 e. The molecule has 1 N–H and O–H groups in total. The number of carbonyl (C=O) groups excluding carboxylic acids is 1. The fourth-order valence-electron chi connectivity index (χ4n) is 2.88. The Balaban J connectivity index is 2.33. The van der Waals surface area contributed by atoms with Crippen molar-refractivity contribution in [3.8, 4) is 0 Å². The number of nitrogens with zero attached hydrogens (tertiary/aromatic N) is 1. The maximum atomic E-state index is 12.3. The molecule has 0 aromatic heterocycles. The van der Waals surface area contributed by atoms with E-state index in [2.05, 4.69) is 0 Å². The summed E-state index contributed by atoms with van der Waals surface area (Å²) >= 11 is 12.0. The van der Waals surface area contributed by atoms with Gasteiger partial charge in [-0.3, -0.25) is 4.79 Å². The van der Waals surface area contributed by atoms with Crippen LogP contribution in [-0.4, -0.2) is 40.8 Å². The molecule has 0 aliphatic carbocycles. The molecule has 1 saturated heterocycles. The number of hydrogen-bond donors (Lipinski definition) is 1. The van der Waals surface area contributed by atoms with E-state index in [1.54, 1.807) is 45.9 Å². The molecule has 5 nitrogen and oxygen atoms in total. The van der Waals surface area contributed by atoms with Crippen LogP contribution in [0.25, 0.3) is 0 Å². The third-order valence-electron chi connectivity index (χ3n) is 4.18. The van der Waals surface area contributed by atoms with Gasteiger partial charge in [0.15, 0.2) is 0 Å². The minimum absolute atomic E-state index is 0.0716. The molecular formula is C17H21Cl2NO4. The number of halogens is 2. The first-order chi connectivity index (χ1) is 10.9. The van der Waals surface area contributed by atoms with Crippen LogP contribution in [0.15, 0.2) is 18.2 Å². The normalized spacial score (nSPS) is 24.1. The van der Waals surface area contributed by atoms with Crippen LogP contribution in [-0.2, 0) is 9.53 Å². The number of benzene rings is 1. The molecule has 1 aromatic rings. The number of amides is 1. The molecule has 0 spiro atoms. The molecule has 132 valence electrons. The van der Waals surface area contributed by atoms with Crippen LogP contribution in [0.5, 0.6) is 0 Å². The van der Waals surface area contributed by atoms with Crippen molar-refractivity contribution in [1.82, 2.24) is 4.90 Å². The molecule has 7 heteroatoms. The van der Waals surface area contributed by atoms with Gasteiger partial charge in [-0.1, -0.05) is 29.3 Å². The topological polar surface area (TPSA) is 66.8 Å². The number of carboxylic acids is 1. The summed E-state index contributed by atoms with van der Waals surface area (Å²) in [6.07, 6.45) is -0.516. The van der Waals surface area contributed by atoms with E-state index < -0.39 is 29.0 Å². The Morgan fingerprint density at radius 3 is 2.42 bits per heavy atom. The molecule has 0 saturated carbocycles. The minimum atomic E-state index is -1.13. The quantitative estimate of drug-likeness (QED) is 0.832. The summed E-state index contributed by atoms with van der Waals surface area (Å²) in [5, 5.41) is 10.5. The average Bonchev–Trinajstić information content (AvgIpc) is 2.80. The SMILES string of the molecule is CC(C)(C)OC(=O)N1CC(c2ccc(Cl)c(Cl)c2)C(C)(C(=O)O)C1. The lowest BCUT2D eigenvalue weighted by Gasteiger charge is -2.26. The fraction of sp³-hybridized carbons (Fsp3) is 0.529. The van der Waals surface area contributed by atoms with Gasteiger partial charge in [0.25, 0.3) is 0 Å². The van der Waals surface area contributed by atoms with Crippen molar-refractivity contribution < 1.29 is 19.4 Å². The summed E-state index contributed by atoms with van der Waals surface area (Å²) in [5.74, 6) is -1.37. The van der Waals surface area contributed by atoms with Crippen LogP contribution in [0.4, 0.5) is 4.79 Å². The van der Waals surface area contributed by atoms with Gasteiger partial charge in [-0.2, -0.15) is 0 Å². The van der Waals surface area contributed by atoms with Gasteiger partial charge in [0.2, 0.25) is 0 Å². The van der Waals surface area contributed by atoms with Gasteiger partial charge in [-0.15, -0.1) is 0 Å². The first kappa shape index (κ1) is 18.9. The largest absolute Gasteiger partial charge is 0.481 e. The van der Waals surface area contributed by atoms with Crippen LogP contribution >= 0.6 is 23.2 Å². The molecule has 1 aliphatic rings. The second-order valence-corrected chi connectivity index (χ2v) is 8.12. The van der Waals surface area contributed by atoms with Crippen LogP contribution in [0.2, 0.25) is 10.0 Å². The second kappa shape index (κ2) is 6.45. The van der Waals surface area contributed by atoms with E-state index in [-0.39, 0.29) is 13.1 Å². The summed E-state index contributed by atoms with van der Waals surface area (Å²) in [5.41, 5.74) is -1.03. The van der Waals surface area contributed by atoms with E-state index in [1.165, 1.54) is 4.90 Å². The van der Waals surface area contributed by atoms with E-state index in [1.807, 2.05) is 0 Å². The van der Waals surface area contributed by atoms with Gasteiger partial charge in [0.1, 0.15) is 5.60 Å². The zero-order valence-corrected chi connectivity index (χ0v) is 15.6. The lowest BCUT2D eigenvalue weighted by molar-refractivity contribution is -0.147. The van der Waals surface area contributed by atoms with Crippen LogP contribution < -0.4 is 0 Å². The monoisotopic (exact) mass is 373 g/mol. The third-order valence-corrected chi connectivity index (χ3v) is 4.92. The van der Waals surface area contributed by atoms with Crippen molar-refractivity contribution in [2.45, 2.75) is 39.2 Å². The van der Waals surface area contributed by atoms with Crippen LogP contribution in [0, 0.1) is 5.41 Å². The number of aliphatic carboxylic acids is 1. The van der Waals surface area contributed by atoms with Crippen molar-refractivity contribution in [3.63, 3.8) is 0 Å². The fourth-order valence-corrected chi connectivity index (χ4v) is 3.18. The standard InChI is InChI=1S/C17H21Cl2NO4/c1-16(2,3)24-15(23)20-8-11(17(4,9-20)14(21)22)10-5-6-12(18)13(19)7-10/h5-7,11H,8-9H2,1-4H3,(H,21,22). The Morgan fingerprint density at radius 1 is 1.29 bits per heavy atom. The molecule has 0 bridgehead atoms. The number of carbonyl (C=O) groups is 2. The number of hydrogen-bond acceptors (Lipinski definition) is 3. The highest BCUT2D eigenvalue weighted by atomic mass is 35.5. The zero-order chi connectivity index (χ0) is 18.3. The smallest absolute Gasteiger partial charge is 0.410 e. The molecule has 2 rings (SSSR count). The summed E-state index contributed by atoms with van der Waals surface area (Å²) in [6.45, 7) is 7.26. The van der Waals surface area contributed by atoms with Crippen molar-refractivity contribution in [1.29, 1.82) is 0 Å². The first-order valence-electron chi connectivity index (χ1n) is 7.60. The molecule has 1 aliphatic heterocycles. The Bertz CT molecular complexity index is 671. The number of carboxylic acid groups (broad SMARTS) is 1. The predicted octanol–water partition coefficient (Wildman–Crippen LogP) is 4.42. The lowest BCUT2D eigenvalue weighted by atomic mass is 9.76. The summed E-state index contributed by atoms with van der Waals surface area (Å²) in [6, 6.07) is 5.05. The lowest BCUT2D eigenvalue weighted by Crippen LogP contribution is -2.38. The molecule has 0 radical (unpaired) electrons. The van der Waals surface area contributed by atoms with E-state index in [0.29, 0.717) is 10.0 Å². The summed E-state index contributed by atoms with van der Waals surface area (Å²) in [7, 11) is 0. The molecule has 2 atom stereocenters. The highest BCUT2D eigenvalue weighted by molar-refractivity contribution is 6.42. The molecular weight excluding hydrogens is 353 g/mol. The van der Waals surface area contributed by atoms with E-state index in [9.17, 15) is 14.7 Å². The zero-order valence-electron chi connectivity index (χ0n) is 14.1. The summed E-state index contributed by atoms with van der Waals surface area (Å²) in [4.78, 5) is 25.6. The second-order valence-electron chi connectivity index (χ2n) is 7.31. The van der Waals surface area contributed by atoms with E-state index >= 15 is 0 Å². The first-order valence-corrected chi connectivity index (χ1v) is 8.36. The van der Waals surface area contributed by atoms with Gasteiger partial charge in [-0.25, -0.2) is 4.79 Å². The molecule has 1 aromatic carbocycles. The van der Waals surface area contributed by atoms with Crippen molar-refractivity contribution in [3.05, 3.63) is 33.8 Å². The van der Waals surface area contributed by atoms with Crippen molar-refractivity contribution in [2.24, 2.45) is 5.41 Å². The third kappa shape index (κ3) is 3.78. The Labute approximate surface area is 151 Å². The van der Waals surface area contributed by atoms with Crippen molar-refractivity contribution in [2.75, 3.05) is 13.1 Å². The van der Waals surface area contributed by atoms with Gasteiger partial charge in [0.05, 0.1) is 15.5 Å². The Kier molecular flexibility index (Phi) is 5.07. The van der Waals surface area contributed by atoms with Gasteiger partial charge >= 0.3 is 12.1 Å². The van der Waals surface area contributed by atoms with Crippen molar-refractivity contribution >= 4 is 35.3 Å². The Hall–Kier alpha value is -1.46. The highest BCUT2D eigenvalue weighted by Gasteiger charge is 2.51. The summed E-state index contributed by atoms with van der Waals surface area (Å²) < 4.78 is 5.37. The number of likely N-dealkylation sites (tertiary alicyclic amines) is 1. The van der Waals surface area contributed by atoms with Crippen LogP contribution in [0.1, 0.15) is 39.2 Å². The van der Waals surface area contributed by atoms with Gasteiger partial charge in [0, 0.05) is 19.0 Å². The molecule has 1 amide bonds. The predicted molar refractivity (Wildman–Crippen MR) is 92.8 cm³/mol. The molecule has 24 heavy (non-hydrogen) atoms. The molecule has 2 unspecified atom stereocenters. The number of ether oxygens (including phenoxy) is 1. The number of rotatable bonds is 2. The van der Waals surface area contributed by atoms with Gasteiger partial charge < -0.3 is 14.7 Å². The maximum absolute atomic E-state index is 12.3. The minimum Gasteiger partial charge on any atom is -0.481 e. The average molecular weight is 374 g/mol. The molecule has 1 fully saturated rings. The van der Waals surface area contributed by atoms with Gasteiger partial charge in [-0.05, 0) is 45.4 Å². The Morgan fingerprint density at radius 2 is 1.92 bits per heavy atom. The van der Waals surface area contributed by atoms with E-state index in [0.717, 1.165) is 5.56 Å². The van der Waals surface area contributed by atoms with E-state index in [4.69, 9.17) is 27.9 Å². The van der Waals surface area contributed by atoms with Crippen LogP contribution in [0.3, 0.4) is 0 Å². The molecule has 1 heterocycles. The highest BCUT2D eigenvalue weighted by Crippen LogP contribution is 2.44.